The number of fused-ring (bicyclic) bond motifs is 1. The fourth-order valence-electron chi connectivity index (χ4n) is 5.33. The SMILES string of the molecule is COc1ccc2nccc([C@H](O)CC[C@@H]3CCN(CC#Cc4c(C)cc(Cl)cc4Cl)C[C@@H]3CC(=O)O)c2c1. The summed E-state index contributed by atoms with van der Waals surface area (Å²) in [5, 5.41) is 22.6. The van der Waals surface area contributed by atoms with Gasteiger partial charge in [0, 0.05) is 35.1 Å². The molecular weight excluding hydrogens is 523 g/mol. The van der Waals surface area contributed by atoms with E-state index in [0.717, 1.165) is 47.0 Å². The highest BCUT2D eigenvalue weighted by Gasteiger charge is 2.31. The van der Waals surface area contributed by atoms with Gasteiger partial charge in [0.15, 0.2) is 0 Å². The number of pyridine rings is 1. The normalized spacial score (nSPS) is 18.6. The van der Waals surface area contributed by atoms with Crippen LogP contribution in [0, 0.1) is 30.6 Å². The Morgan fingerprint density at radius 1 is 1.24 bits per heavy atom. The van der Waals surface area contributed by atoms with Crippen LogP contribution in [0.4, 0.5) is 0 Å². The summed E-state index contributed by atoms with van der Waals surface area (Å²) in [6.07, 6.45) is 3.28. The Hall–Kier alpha value is -2.82. The summed E-state index contributed by atoms with van der Waals surface area (Å²) in [5.41, 5.74) is 3.31. The molecule has 0 radical (unpaired) electrons. The van der Waals surface area contributed by atoms with Crippen molar-refractivity contribution >= 4 is 40.1 Å². The molecule has 2 heterocycles. The number of methoxy groups -OCH3 is 1. The molecule has 1 aromatic heterocycles. The van der Waals surface area contributed by atoms with E-state index in [0.29, 0.717) is 35.3 Å². The number of carbonyl (C=O) groups is 1. The van der Waals surface area contributed by atoms with Crippen molar-refractivity contribution in [3.63, 3.8) is 0 Å². The summed E-state index contributed by atoms with van der Waals surface area (Å²) in [6, 6.07) is 11.0. The average molecular weight is 556 g/mol. The van der Waals surface area contributed by atoms with Gasteiger partial charge in [-0.05, 0) is 92.1 Å². The van der Waals surface area contributed by atoms with Crippen molar-refractivity contribution in [3.8, 4) is 17.6 Å². The number of aliphatic carboxylic acids is 1. The monoisotopic (exact) mass is 554 g/mol. The van der Waals surface area contributed by atoms with Crippen LogP contribution in [0.5, 0.6) is 5.75 Å². The summed E-state index contributed by atoms with van der Waals surface area (Å²) < 4.78 is 5.35. The molecule has 2 aromatic carbocycles. The summed E-state index contributed by atoms with van der Waals surface area (Å²) >= 11 is 12.4. The van der Waals surface area contributed by atoms with Gasteiger partial charge >= 0.3 is 5.97 Å². The van der Waals surface area contributed by atoms with Crippen LogP contribution in [0.3, 0.4) is 0 Å². The van der Waals surface area contributed by atoms with Gasteiger partial charge in [0.25, 0.3) is 0 Å². The Bertz CT molecular complexity index is 1340. The van der Waals surface area contributed by atoms with E-state index in [4.69, 9.17) is 27.9 Å². The maximum Gasteiger partial charge on any atom is 0.303 e. The molecule has 1 saturated heterocycles. The highest BCUT2D eigenvalue weighted by molar-refractivity contribution is 6.35. The lowest BCUT2D eigenvalue weighted by atomic mass is 9.79. The van der Waals surface area contributed by atoms with Gasteiger partial charge in [-0.25, -0.2) is 0 Å². The zero-order chi connectivity index (χ0) is 27.2. The second-order valence-corrected chi connectivity index (χ2v) is 10.7. The largest absolute Gasteiger partial charge is 0.497 e. The van der Waals surface area contributed by atoms with E-state index in [9.17, 15) is 15.0 Å². The van der Waals surface area contributed by atoms with Crippen LogP contribution in [-0.2, 0) is 4.79 Å². The topological polar surface area (TPSA) is 82.9 Å². The lowest BCUT2D eigenvalue weighted by Crippen LogP contribution is -2.41. The van der Waals surface area contributed by atoms with Gasteiger partial charge in [0.05, 0.1) is 30.3 Å². The zero-order valence-corrected chi connectivity index (χ0v) is 23.1. The van der Waals surface area contributed by atoms with Gasteiger partial charge in [-0.3, -0.25) is 14.7 Å². The molecule has 8 heteroatoms. The molecule has 0 saturated carbocycles. The van der Waals surface area contributed by atoms with Crippen LogP contribution < -0.4 is 4.74 Å². The minimum atomic E-state index is -0.802. The van der Waals surface area contributed by atoms with Crippen molar-refractivity contribution in [2.45, 2.75) is 38.7 Å². The maximum atomic E-state index is 11.6. The third-order valence-electron chi connectivity index (χ3n) is 7.33. The second-order valence-electron chi connectivity index (χ2n) is 9.90. The molecule has 3 atom stereocenters. The van der Waals surface area contributed by atoms with Crippen LogP contribution in [0.25, 0.3) is 10.9 Å². The van der Waals surface area contributed by atoms with Crippen molar-refractivity contribution in [2.75, 3.05) is 26.7 Å². The molecule has 1 fully saturated rings. The van der Waals surface area contributed by atoms with E-state index >= 15 is 0 Å². The van der Waals surface area contributed by atoms with E-state index < -0.39 is 12.1 Å². The Morgan fingerprint density at radius 3 is 2.79 bits per heavy atom. The number of hydrogen-bond acceptors (Lipinski definition) is 5. The van der Waals surface area contributed by atoms with Crippen LogP contribution in [-0.4, -0.2) is 52.8 Å². The van der Waals surface area contributed by atoms with Crippen molar-refractivity contribution < 1.29 is 19.7 Å². The first-order valence-electron chi connectivity index (χ1n) is 12.7. The number of carboxylic acids is 1. The number of likely N-dealkylation sites (tertiary alicyclic amines) is 1. The lowest BCUT2D eigenvalue weighted by molar-refractivity contribution is -0.139. The quantitative estimate of drug-likeness (QED) is 0.325. The van der Waals surface area contributed by atoms with Gasteiger partial charge in [0.2, 0.25) is 0 Å². The second kappa shape index (κ2) is 12.8. The highest BCUT2D eigenvalue weighted by atomic mass is 35.5. The highest BCUT2D eigenvalue weighted by Crippen LogP contribution is 2.34. The van der Waals surface area contributed by atoms with Crippen molar-refractivity contribution in [2.24, 2.45) is 11.8 Å². The number of halogens is 2. The minimum Gasteiger partial charge on any atom is -0.497 e. The smallest absolute Gasteiger partial charge is 0.303 e. The molecule has 0 amide bonds. The first-order chi connectivity index (χ1) is 18.2. The van der Waals surface area contributed by atoms with Crippen molar-refractivity contribution in [1.82, 2.24) is 9.88 Å². The van der Waals surface area contributed by atoms with Gasteiger partial charge in [0.1, 0.15) is 5.75 Å². The minimum absolute atomic E-state index is 0.00890. The van der Waals surface area contributed by atoms with Gasteiger partial charge in [-0.15, -0.1) is 0 Å². The summed E-state index contributed by atoms with van der Waals surface area (Å²) in [7, 11) is 1.61. The number of ether oxygens (including phenoxy) is 1. The number of benzene rings is 2. The summed E-state index contributed by atoms with van der Waals surface area (Å²) in [4.78, 5) is 18.2. The Labute approximate surface area is 233 Å². The Kier molecular flexibility index (Phi) is 9.51. The number of aryl methyl sites for hydroxylation is 1. The predicted molar refractivity (Wildman–Crippen MR) is 151 cm³/mol. The van der Waals surface area contributed by atoms with E-state index in [1.807, 2.05) is 37.3 Å². The number of carboxylic acid groups (broad SMARTS) is 1. The van der Waals surface area contributed by atoms with Gasteiger partial charge in [-0.1, -0.05) is 35.0 Å². The average Bonchev–Trinajstić information content (AvgIpc) is 2.88. The third kappa shape index (κ3) is 6.98. The van der Waals surface area contributed by atoms with E-state index in [2.05, 4.69) is 21.7 Å². The molecule has 3 aromatic rings. The fraction of sp³-hybridized carbons (Fsp3) is 0.400. The predicted octanol–water partition coefficient (Wildman–Crippen LogP) is 6.14. The summed E-state index contributed by atoms with van der Waals surface area (Å²) in [5.74, 6) is 6.47. The number of piperidine rings is 1. The molecule has 0 unspecified atom stereocenters. The van der Waals surface area contributed by atoms with E-state index in [1.54, 1.807) is 19.4 Å². The van der Waals surface area contributed by atoms with Crippen LogP contribution in [0.2, 0.25) is 10.0 Å². The van der Waals surface area contributed by atoms with Crippen molar-refractivity contribution in [3.05, 3.63) is 69.3 Å². The van der Waals surface area contributed by atoms with Gasteiger partial charge < -0.3 is 14.9 Å². The first-order valence-corrected chi connectivity index (χ1v) is 13.5. The molecule has 0 spiro atoms. The maximum absolute atomic E-state index is 11.6. The molecule has 38 heavy (non-hydrogen) atoms. The molecule has 4 rings (SSSR count). The molecule has 2 N–H and O–H groups in total. The summed E-state index contributed by atoms with van der Waals surface area (Å²) in [6.45, 7) is 3.95. The Balaban J connectivity index is 1.40. The number of rotatable bonds is 8. The molecule has 1 aliphatic rings. The molecular formula is C30H32Cl2N2O4. The molecule has 0 aliphatic carbocycles. The lowest BCUT2D eigenvalue weighted by Gasteiger charge is -2.37. The Morgan fingerprint density at radius 2 is 2.05 bits per heavy atom. The third-order valence-corrected chi connectivity index (χ3v) is 7.85. The number of nitrogens with zero attached hydrogens (tertiary/aromatic N) is 2. The van der Waals surface area contributed by atoms with Crippen LogP contribution >= 0.6 is 23.2 Å². The molecule has 1 aliphatic heterocycles. The number of aliphatic hydroxyl groups excluding tert-OH is 1. The standard InChI is InChI=1S/C30H32Cl2N2O4/c1-19-14-22(31)16-27(32)24(19)4-3-12-34-13-10-20(21(18-34)15-30(36)37)5-8-29(35)25-9-11-33-28-7-6-23(38-2)17-26(25)28/h6-7,9,11,14,16-17,20-21,29,35H,5,8,10,12-13,15,18H2,1-2H3,(H,36,37)/t20-,21+,29-/m1/s1. The first kappa shape index (κ1) is 28.2. The van der Waals surface area contributed by atoms with Crippen molar-refractivity contribution in [1.29, 1.82) is 0 Å². The number of hydrogen-bond donors (Lipinski definition) is 2. The molecule has 200 valence electrons. The van der Waals surface area contributed by atoms with Gasteiger partial charge in [-0.2, -0.15) is 0 Å². The number of aliphatic hydroxyl groups is 1. The molecule has 0 bridgehead atoms. The van der Waals surface area contributed by atoms with Crippen LogP contribution in [0.1, 0.15) is 48.5 Å². The van der Waals surface area contributed by atoms with Crippen LogP contribution in [0.15, 0.2) is 42.6 Å². The molecule has 6 nitrogen and oxygen atoms in total. The van der Waals surface area contributed by atoms with E-state index in [1.165, 1.54) is 0 Å². The number of aromatic nitrogens is 1. The van der Waals surface area contributed by atoms with E-state index in [-0.39, 0.29) is 18.3 Å². The zero-order valence-electron chi connectivity index (χ0n) is 21.6. The fourth-order valence-corrected chi connectivity index (χ4v) is 5.97.